The van der Waals surface area contributed by atoms with Gasteiger partial charge in [0.15, 0.2) is 0 Å². The summed E-state index contributed by atoms with van der Waals surface area (Å²) in [5.74, 6) is 1.33. The topological polar surface area (TPSA) is 51.5 Å². The monoisotopic (exact) mass is 285 g/mol. The summed E-state index contributed by atoms with van der Waals surface area (Å²) in [5.41, 5.74) is 2.30. The molecule has 1 amide bonds. The number of ether oxygens (including phenoxy) is 1. The summed E-state index contributed by atoms with van der Waals surface area (Å²) in [6.07, 6.45) is 4.63. The zero-order chi connectivity index (χ0) is 15.1. The van der Waals surface area contributed by atoms with Crippen LogP contribution in [0.4, 0.5) is 0 Å². The van der Waals surface area contributed by atoms with E-state index < -0.39 is 0 Å². The van der Waals surface area contributed by atoms with E-state index in [4.69, 9.17) is 9.15 Å². The highest BCUT2D eigenvalue weighted by Gasteiger charge is 2.00. The van der Waals surface area contributed by atoms with Crippen LogP contribution in [0.2, 0.25) is 0 Å². The molecule has 4 nitrogen and oxygen atoms in total. The first-order valence-corrected chi connectivity index (χ1v) is 6.84. The van der Waals surface area contributed by atoms with Gasteiger partial charge in [0, 0.05) is 6.08 Å². The lowest BCUT2D eigenvalue weighted by atomic mass is 10.1. The Kier molecular flexibility index (Phi) is 5.21. The van der Waals surface area contributed by atoms with Crippen LogP contribution in [-0.4, -0.2) is 19.1 Å². The van der Waals surface area contributed by atoms with Crippen molar-refractivity contribution in [1.82, 2.24) is 5.32 Å². The molecule has 0 aliphatic heterocycles. The Balaban J connectivity index is 1.70. The lowest BCUT2D eigenvalue weighted by Gasteiger charge is -2.09. The molecule has 1 heterocycles. The van der Waals surface area contributed by atoms with Crippen LogP contribution in [0.15, 0.2) is 47.1 Å². The van der Waals surface area contributed by atoms with Crippen molar-refractivity contribution in [3.05, 3.63) is 59.6 Å². The number of hydrogen-bond acceptors (Lipinski definition) is 3. The van der Waals surface area contributed by atoms with E-state index in [9.17, 15) is 4.79 Å². The maximum atomic E-state index is 11.6. The second-order valence-corrected chi connectivity index (χ2v) is 4.76. The van der Waals surface area contributed by atoms with Gasteiger partial charge in [0.1, 0.15) is 18.1 Å². The average Bonchev–Trinajstić information content (AvgIpc) is 2.96. The minimum absolute atomic E-state index is 0.171. The molecule has 0 fully saturated rings. The van der Waals surface area contributed by atoms with E-state index >= 15 is 0 Å². The third kappa shape index (κ3) is 4.84. The SMILES string of the molecule is Cc1ccc(OCCNC(=O)/C=C/c2ccco2)c(C)c1. The molecule has 0 aliphatic carbocycles. The van der Waals surface area contributed by atoms with Crippen LogP contribution >= 0.6 is 0 Å². The lowest BCUT2D eigenvalue weighted by Crippen LogP contribution is -2.26. The number of carbonyl (C=O) groups is 1. The predicted octanol–water partition coefficient (Wildman–Crippen LogP) is 3.10. The van der Waals surface area contributed by atoms with E-state index in [1.54, 1.807) is 24.5 Å². The van der Waals surface area contributed by atoms with E-state index in [2.05, 4.69) is 11.4 Å². The quantitative estimate of drug-likeness (QED) is 0.655. The summed E-state index contributed by atoms with van der Waals surface area (Å²) in [7, 11) is 0. The Hall–Kier alpha value is -2.49. The van der Waals surface area contributed by atoms with Crippen molar-refractivity contribution >= 4 is 12.0 Å². The molecule has 0 aliphatic rings. The van der Waals surface area contributed by atoms with E-state index in [0.29, 0.717) is 18.9 Å². The summed E-state index contributed by atoms with van der Waals surface area (Å²) >= 11 is 0. The van der Waals surface area contributed by atoms with Crippen LogP contribution < -0.4 is 10.1 Å². The standard InChI is InChI=1S/C17H19NO3/c1-13-5-7-16(14(2)12-13)21-11-9-18-17(19)8-6-15-4-3-10-20-15/h3-8,10,12H,9,11H2,1-2H3,(H,18,19)/b8-6+. The molecule has 1 N–H and O–H groups in total. The third-order valence-electron chi connectivity index (χ3n) is 2.93. The van der Waals surface area contributed by atoms with Gasteiger partial charge >= 0.3 is 0 Å². The summed E-state index contributed by atoms with van der Waals surface area (Å²) < 4.78 is 10.7. The fourth-order valence-corrected chi connectivity index (χ4v) is 1.90. The second-order valence-electron chi connectivity index (χ2n) is 4.76. The fourth-order valence-electron chi connectivity index (χ4n) is 1.90. The van der Waals surface area contributed by atoms with Crippen molar-refractivity contribution in [1.29, 1.82) is 0 Å². The minimum Gasteiger partial charge on any atom is -0.491 e. The number of nitrogens with one attached hydrogen (secondary N) is 1. The molecule has 2 rings (SSSR count). The van der Waals surface area contributed by atoms with Gasteiger partial charge in [-0.3, -0.25) is 4.79 Å². The number of amides is 1. The summed E-state index contributed by atoms with van der Waals surface area (Å²) in [6.45, 7) is 4.94. The van der Waals surface area contributed by atoms with Gasteiger partial charge in [-0.05, 0) is 43.7 Å². The van der Waals surface area contributed by atoms with E-state index in [0.717, 1.165) is 11.3 Å². The first kappa shape index (κ1) is 14.9. The predicted molar refractivity (Wildman–Crippen MR) is 82.2 cm³/mol. The second kappa shape index (κ2) is 7.33. The molecule has 1 aromatic carbocycles. The molecule has 0 unspecified atom stereocenters. The van der Waals surface area contributed by atoms with Crippen molar-refractivity contribution in [3.63, 3.8) is 0 Å². The first-order valence-electron chi connectivity index (χ1n) is 6.84. The van der Waals surface area contributed by atoms with Gasteiger partial charge in [-0.2, -0.15) is 0 Å². The average molecular weight is 285 g/mol. The zero-order valence-corrected chi connectivity index (χ0v) is 12.3. The highest BCUT2D eigenvalue weighted by atomic mass is 16.5. The molecule has 0 saturated heterocycles. The molecular weight excluding hydrogens is 266 g/mol. The molecule has 21 heavy (non-hydrogen) atoms. The van der Waals surface area contributed by atoms with Crippen molar-refractivity contribution in [3.8, 4) is 5.75 Å². The van der Waals surface area contributed by atoms with Crippen LogP contribution in [0.1, 0.15) is 16.9 Å². The van der Waals surface area contributed by atoms with Crippen LogP contribution in [0.3, 0.4) is 0 Å². The molecule has 1 aromatic heterocycles. The Morgan fingerprint density at radius 3 is 2.90 bits per heavy atom. The molecule has 0 radical (unpaired) electrons. The number of benzene rings is 1. The summed E-state index contributed by atoms with van der Waals surface area (Å²) in [6, 6.07) is 9.58. The van der Waals surface area contributed by atoms with Gasteiger partial charge in [0.05, 0.1) is 12.8 Å². The highest BCUT2D eigenvalue weighted by Crippen LogP contribution is 2.18. The Morgan fingerprint density at radius 1 is 1.33 bits per heavy atom. The Labute approximate surface area is 124 Å². The Morgan fingerprint density at radius 2 is 2.19 bits per heavy atom. The van der Waals surface area contributed by atoms with Crippen molar-refractivity contribution in [2.24, 2.45) is 0 Å². The fraction of sp³-hybridized carbons (Fsp3) is 0.235. The largest absolute Gasteiger partial charge is 0.491 e. The maximum absolute atomic E-state index is 11.6. The minimum atomic E-state index is -0.171. The van der Waals surface area contributed by atoms with E-state index in [1.165, 1.54) is 11.6 Å². The summed E-state index contributed by atoms with van der Waals surface area (Å²) in [5, 5.41) is 2.75. The molecule has 0 atom stereocenters. The van der Waals surface area contributed by atoms with Crippen LogP contribution in [-0.2, 0) is 4.79 Å². The van der Waals surface area contributed by atoms with Crippen molar-refractivity contribution < 1.29 is 13.9 Å². The van der Waals surface area contributed by atoms with E-state index in [1.807, 2.05) is 26.0 Å². The van der Waals surface area contributed by atoms with Gasteiger partial charge in [0.2, 0.25) is 5.91 Å². The third-order valence-corrected chi connectivity index (χ3v) is 2.93. The van der Waals surface area contributed by atoms with Gasteiger partial charge in [-0.1, -0.05) is 17.7 Å². The normalized spacial score (nSPS) is 10.8. The van der Waals surface area contributed by atoms with Gasteiger partial charge in [-0.15, -0.1) is 0 Å². The molecule has 2 aromatic rings. The number of aryl methyl sites for hydroxylation is 2. The Bertz CT molecular complexity index is 615. The van der Waals surface area contributed by atoms with Crippen LogP contribution in [0, 0.1) is 13.8 Å². The lowest BCUT2D eigenvalue weighted by molar-refractivity contribution is -0.116. The van der Waals surface area contributed by atoms with Gasteiger partial charge < -0.3 is 14.5 Å². The van der Waals surface area contributed by atoms with Crippen molar-refractivity contribution in [2.75, 3.05) is 13.2 Å². The smallest absolute Gasteiger partial charge is 0.244 e. The number of rotatable bonds is 6. The number of hydrogen-bond donors (Lipinski definition) is 1. The molecule has 0 spiro atoms. The molecular formula is C17H19NO3. The molecule has 4 heteroatoms. The van der Waals surface area contributed by atoms with Gasteiger partial charge in [0.25, 0.3) is 0 Å². The van der Waals surface area contributed by atoms with E-state index in [-0.39, 0.29) is 5.91 Å². The molecule has 0 bridgehead atoms. The molecule has 110 valence electrons. The molecule has 0 saturated carbocycles. The number of carbonyl (C=O) groups excluding carboxylic acids is 1. The summed E-state index contributed by atoms with van der Waals surface area (Å²) in [4.78, 5) is 11.6. The zero-order valence-electron chi connectivity index (χ0n) is 12.3. The first-order chi connectivity index (χ1) is 10.1. The van der Waals surface area contributed by atoms with Crippen molar-refractivity contribution in [2.45, 2.75) is 13.8 Å². The van der Waals surface area contributed by atoms with Crippen LogP contribution in [0.5, 0.6) is 5.75 Å². The van der Waals surface area contributed by atoms with Gasteiger partial charge in [-0.25, -0.2) is 0 Å². The maximum Gasteiger partial charge on any atom is 0.244 e. The highest BCUT2D eigenvalue weighted by molar-refractivity contribution is 5.91. The number of furan rings is 1. The van der Waals surface area contributed by atoms with Crippen LogP contribution in [0.25, 0.3) is 6.08 Å².